The molecule has 0 bridgehead atoms. The van der Waals surface area contributed by atoms with Crippen molar-refractivity contribution in [2.45, 2.75) is 0 Å². The van der Waals surface area contributed by atoms with E-state index in [0.29, 0.717) is 40.5 Å². The zero-order valence-corrected chi connectivity index (χ0v) is 30.0. The molecule has 0 radical (unpaired) electrons. The molecule has 0 aliphatic rings. The summed E-state index contributed by atoms with van der Waals surface area (Å²) in [5, 5.41) is 9.77. The van der Waals surface area contributed by atoms with E-state index in [0.717, 1.165) is 55.6 Å². The fourth-order valence-corrected chi connectivity index (χ4v) is 6.67. The lowest BCUT2D eigenvalue weighted by molar-refractivity contribution is 1.07. The van der Waals surface area contributed by atoms with E-state index in [9.17, 15) is 5.26 Å². The normalized spacial score (nSPS) is 10.8. The Morgan fingerprint density at radius 2 is 0.625 bits per heavy atom. The van der Waals surface area contributed by atoms with Crippen LogP contribution < -0.4 is 0 Å². The summed E-state index contributed by atoms with van der Waals surface area (Å²) >= 11 is 0. The monoisotopic (exact) mass is 717 g/mol. The van der Waals surface area contributed by atoms with Gasteiger partial charge in [-0.2, -0.15) is 5.26 Å². The molecule has 7 heteroatoms. The van der Waals surface area contributed by atoms with E-state index < -0.39 is 0 Å². The highest BCUT2D eigenvalue weighted by Crippen LogP contribution is 2.34. The van der Waals surface area contributed by atoms with Gasteiger partial charge in [-0.1, -0.05) is 176 Å². The standard InChI is InChI=1S/C49H31N7/c50-32-40-21-10-11-24-41(40)38-22-14-23-39(31-38)48-53-44(34-15-4-1-5-16-34)51-47(54-48)37-29-27-33(28-30-37)42-25-12-13-26-43(42)49-55-45(35-17-6-2-7-18-35)52-46(56-49)36-19-8-3-9-20-36/h1-31H. The van der Waals surface area contributed by atoms with Crippen LogP contribution >= 0.6 is 0 Å². The van der Waals surface area contributed by atoms with Crippen LogP contribution in [0.15, 0.2) is 188 Å². The summed E-state index contributed by atoms with van der Waals surface area (Å²) < 4.78 is 0. The Labute approximate surface area is 324 Å². The van der Waals surface area contributed by atoms with Crippen molar-refractivity contribution in [1.82, 2.24) is 29.9 Å². The molecule has 7 nitrogen and oxygen atoms in total. The van der Waals surface area contributed by atoms with Crippen molar-refractivity contribution in [3.05, 3.63) is 194 Å². The molecule has 2 aromatic heterocycles. The topological polar surface area (TPSA) is 101 Å². The zero-order valence-electron chi connectivity index (χ0n) is 30.0. The first-order valence-electron chi connectivity index (χ1n) is 18.2. The molecule has 0 saturated heterocycles. The van der Waals surface area contributed by atoms with Crippen molar-refractivity contribution in [3.8, 4) is 96.7 Å². The van der Waals surface area contributed by atoms with Crippen LogP contribution in [0.4, 0.5) is 0 Å². The molecule has 0 N–H and O–H groups in total. The van der Waals surface area contributed by atoms with Gasteiger partial charge in [0.15, 0.2) is 34.9 Å². The van der Waals surface area contributed by atoms with Crippen LogP contribution in [0.25, 0.3) is 90.6 Å². The number of nitrogens with zero attached hydrogens (tertiary/aromatic N) is 7. The lowest BCUT2D eigenvalue weighted by Gasteiger charge is -2.13. The molecule has 0 fully saturated rings. The van der Waals surface area contributed by atoms with Crippen molar-refractivity contribution in [1.29, 1.82) is 5.26 Å². The Morgan fingerprint density at radius 1 is 0.268 bits per heavy atom. The number of nitriles is 1. The third kappa shape index (κ3) is 6.94. The van der Waals surface area contributed by atoms with Gasteiger partial charge < -0.3 is 0 Å². The van der Waals surface area contributed by atoms with E-state index in [1.807, 2.05) is 164 Å². The van der Waals surface area contributed by atoms with E-state index >= 15 is 0 Å². The van der Waals surface area contributed by atoms with Crippen molar-refractivity contribution in [2.24, 2.45) is 0 Å². The molecular weight excluding hydrogens is 687 g/mol. The zero-order chi connectivity index (χ0) is 37.7. The number of hydrogen-bond donors (Lipinski definition) is 0. The Hall–Kier alpha value is -7.95. The molecule has 0 aliphatic heterocycles. The van der Waals surface area contributed by atoms with Crippen LogP contribution in [0.1, 0.15) is 5.56 Å². The number of hydrogen-bond acceptors (Lipinski definition) is 7. The summed E-state index contributed by atoms with van der Waals surface area (Å²) in [6.07, 6.45) is 0. The summed E-state index contributed by atoms with van der Waals surface area (Å²) in [5.41, 5.74) is 9.63. The van der Waals surface area contributed by atoms with Gasteiger partial charge in [0.25, 0.3) is 0 Å². The minimum Gasteiger partial charge on any atom is -0.208 e. The second-order valence-electron chi connectivity index (χ2n) is 13.1. The van der Waals surface area contributed by atoms with E-state index in [-0.39, 0.29) is 0 Å². The molecule has 0 atom stereocenters. The molecule has 0 spiro atoms. The quantitative estimate of drug-likeness (QED) is 0.154. The average Bonchev–Trinajstić information content (AvgIpc) is 3.29. The highest BCUT2D eigenvalue weighted by molar-refractivity contribution is 5.83. The van der Waals surface area contributed by atoms with Crippen LogP contribution in [0, 0.1) is 11.3 Å². The second-order valence-corrected chi connectivity index (χ2v) is 13.1. The van der Waals surface area contributed by atoms with Gasteiger partial charge in [-0.3, -0.25) is 0 Å². The van der Waals surface area contributed by atoms with Gasteiger partial charge in [0.2, 0.25) is 0 Å². The lowest BCUT2D eigenvalue weighted by Crippen LogP contribution is -2.01. The average molecular weight is 718 g/mol. The van der Waals surface area contributed by atoms with Crippen molar-refractivity contribution >= 4 is 0 Å². The molecule has 56 heavy (non-hydrogen) atoms. The van der Waals surface area contributed by atoms with E-state index in [1.54, 1.807) is 0 Å². The number of rotatable bonds is 8. The molecule has 0 amide bonds. The Morgan fingerprint density at radius 3 is 1.14 bits per heavy atom. The van der Waals surface area contributed by atoms with Crippen LogP contribution in [0.2, 0.25) is 0 Å². The smallest absolute Gasteiger partial charge is 0.164 e. The first-order valence-corrected chi connectivity index (χ1v) is 18.2. The summed E-state index contributed by atoms with van der Waals surface area (Å²) in [4.78, 5) is 29.8. The molecule has 2 heterocycles. The minimum absolute atomic E-state index is 0.540. The highest BCUT2D eigenvalue weighted by Gasteiger charge is 2.17. The van der Waals surface area contributed by atoms with Crippen LogP contribution in [-0.4, -0.2) is 29.9 Å². The maximum absolute atomic E-state index is 9.77. The maximum atomic E-state index is 9.77. The van der Waals surface area contributed by atoms with E-state index in [2.05, 4.69) is 30.3 Å². The van der Waals surface area contributed by atoms with Gasteiger partial charge in [0.05, 0.1) is 11.6 Å². The third-order valence-corrected chi connectivity index (χ3v) is 9.47. The summed E-state index contributed by atoms with van der Waals surface area (Å²) in [5.74, 6) is 3.47. The van der Waals surface area contributed by atoms with Gasteiger partial charge in [-0.25, -0.2) is 29.9 Å². The molecule has 9 aromatic rings. The van der Waals surface area contributed by atoms with Gasteiger partial charge >= 0.3 is 0 Å². The number of benzene rings is 7. The van der Waals surface area contributed by atoms with Crippen LogP contribution in [0.3, 0.4) is 0 Å². The van der Waals surface area contributed by atoms with Gasteiger partial charge in [-0.15, -0.1) is 0 Å². The fraction of sp³-hybridized carbons (Fsp3) is 0. The second kappa shape index (κ2) is 15.2. The molecule has 262 valence electrons. The molecule has 7 aromatic carbocycles. The Bertz CT molecular complexity index is 2790. The molecule has 0 aliphatic carbocycles. The van der Waals surface area contributed by atoms with Crippen molar-refractivity contribution in [2.75, 3.05) is 0 Å². The predicted molar refractivity (Wildman–Crippen MR) is 221 cm³/mol. The van der Waals surface area contributed by atoms with Gasteiger partial charge in [-0.05, 0) is 34.4 Å². The summed E-state index contributed by atoms with van der Waals surface area (Å²) in [7, 11) is 0. The highest BCUT2D eigenvalue weighted by atomic mass is 15.0. The summed E-state index contributed by atoms with van der Waals surface area (Å²) in [6, 6.07) is 64.2. The van der Waals surface area contributed by atoms with Crippen LogP contribution in [-0.2, 0) is 0 Å². The van der Waals surface area contributed by atoms with Gasteiger partial charge in [0.1, 0.15) is 0 Å². The van der Waals surface area contributed by atoms with Crippen molar-refractivity contribution in [3.63, 3.8) is 0 Å². The third-order valence-electron chi connectivity index (χ3n) is 9.47. The van der Waals surface area contributed by atoms with Crippen molar-refractivity contribution < 1.29 is 0 Å². The molecule has 9 rings (SSSR count). The SMILES string of the molecule is N#Cc1ccccc1-c1cccc(-c2nc(-c3ccccc3)nc(-c3ccc(-c4ccccc4-c4nc(-c5ccccc5)nc(-c5ccccc5)n4)cc3)n2)c1. The van der Waals surface area contributed by atoms with E-state index in [4.69, 9.17) is 29.9 Å². The Kier molecular flexibility index (Phi) is 9.18. The van der Waals surface area contributed by atoms with E-state index in [1.165, 1.54) is 0 Å². The maximum Gasteiger partial charge on any atom is 0.164 e. The summed E-state index contributed by atoms with van der Waals surface area (Å²) in [6.45, 7) is 0. The first kappa shape index (κ1) is 33.9. The predicted octanol–water partition coefficient (Wildman–Crippen LogP) is 11.3. The van der Waals surface area contributed by atoms with Gasteiger partial charge in [0, 0.05) is 33.4 Å². The lowest BCUT2D eigenvalue weighted by atomic mass is 9.97. The van der Waals surface area contributed by atoms with Crippen LogP contribution in [0.5, 0.6) is 0 Å². The number of aromatic nitrogens is 6. The minimum atomic E-state index is 0.540. The molecule has 0 unspecified atom stereocenters. The molecule has 0 saturated carbocycles. The first-order chi connectivity index (χ1) is 27.7. The fourth-order valence-electron chi connectivity index (χ4n) is 6.67. The molecular formula is C49H31N7. The Balaban J connectivity index is 1.12. The largest absolute Gasteiger partial charge is 0.208 e.